The van der Waals surface area contributed by atoms with E-state index in [1.54, 1.807) is 0 Å². The summed E-state index contributed by atoms with van der Waals surface area (Å²) in [5.74, 6) is 1.85. The van der Waals surface area contributed by atoms with Crippen molar-refractivity contribution in [1.82, 2.24) is 0 Å². The molecule has 0 saturated heterocycles. The summed E-state index contributed by atoms with van der Waals surface area (Å²) in [6, 6.07) is 0. The first-order valence-corrected chi connectivity index (χ1v) is 27.5. The van der Waals surface area contributed by atoms with Crippen molar-refractivity contribution < 1.29 is 19.6 Å². The van der Waals surface area contributed by atoms with Crippen molar-refractivity contribution in [3.8, 4) is 0 Å². The van der Waals surface area contributed by atoms with E-state index in [1.165, 1.54) is 238 Å². The maximum absolute atomic E-state index is 5.83. The van der Waals surface area contributed by atoms with Crippen LogP contribution in [0.4, 0.5) is 0 Å². The van der Waals surface area contributed by atoms with Crippen molar-refractivity contribution in [2.24, 2.45) is 11.8 Å². The first kappa shape index (κ1) is 59.3. The van der Waals surface area contributed by atoms with Crippen molar-refractivity contribution in [3.05, 3.63) is 25.3 Å². The van der Waals surface area contributed by atoms with Crippen molar-refractivity contribution in [2.45, 2.75) is 303 Å². The lowest BCUT2D eigenvalue weighted by Gasteiger charge is -2.28. The van der Waals surface area contributed by atoms with Gasteiger partial charge in [-0.15, -0.1) is 13.2 Å². The Morgan fingerprint density at radius 3 is 0.967 bits per heavy atom. The third-order valence-electron chi connectivity index (χ3n) is 13.1. The summed E-state index contributed by atoms with van der Waals surface area (Å²) in [5.41, 5.74) is 0. The molecule has 0 rings (SSSR count). The Balaban J connectivity index is 4.68. The van der Waals surface area contributed by atoms with E-state index in [0.29, 0.717) is 0 Å². The molecule has 0 aromatic rings. The second-order valence-corrected chi connectivity index (χ2v) is 18.9. The lowest BCUT2D eigenvalue weighted by molar-refractivity contribution is -0.325. The highest BCUT2D eigenvalue weighted by Crippen LogP contribution is 2.34. The zero-order valence-corrected chi connectivity index (χ0v) is 41.5. The van der Waals surface area contributed by atoms with Crippen LogP contribution in [-0.4, -0.2) is 25.9 Å². The summed E-state index contributed by atoms with van der Waals surface area (Å²) in [6.45, 7) is 16.9. The molecule has 0 bridgehead atoms. The Labute approximate surface area is 378 Å². The van der Waals surface area contributed by atoms with E-state index in [-0.39, 0.29) is 6.10 Å². The Bertz CT molecular complexity index is 800. The highest BCUT2D eigenvalue weighted by atomic mass is 17.2. The molecule has 0 saturated carbocycles. The molecule has 0 radical (unpaired) electrons. The lowest BCUT2D eigenvalue weighted by Crippen LogP contribution is -2.16. The molecule has 0 aliphatic carbocycles. The number of hydrogen-bond acceptors (Lipinski definition) is 4. The average Bonchev–Trinajstić information content (AvgIpc) is 3.25. The van der Waals surface area contributed by atoms with E-state index in [2.05, 4.69) is 33.9 Å². The fourth-order valence-corrected chi connectivity index (χ4v) is 9.12. The minimum Gasteiger partial charge on any atom is -0.237 e. The van der Waals surface area contributed by atoms with E-state index >= 15 is 0 Å². The number of hydrogen-bond donors (Lipinski definition) is 0. The molecule has 0 spiro atoms. The Hall–Kier alpha value is -0.680. The van der Waals surface area contributed by atoms with E-state index in [4.69, 9.17) is 19.6 Å². The van der Waals surface area contributed by atoms with Gasteiger partial charge in [-0.1, -0.05) is 264 Å². The molecule has 4 nitrogen and oxygen atoms in total. The lowest BCUT2D eigenvalue weighted by atomic mass is 9.78. The summed E-state index contributed by atoms with van der Waals surface area (Å²) in [4.78, 5) is 22.6. The Morgan fingerprint density at radius 1 is 0.317 bits per heavy atom. The van der Waals surface area contributed by atoms with Crippen LogP contribution in [0.25, 0.3) is 0 Å². The van der Waals surface area contributed by atoms with Crippen molar-refractivity contribution >= 4 is 0 Å². The molecule has 3 atom stereocenters. The maximum Gasteiger partial charge on any atom is 0.0964 e. The summed E-state index contributed by atoms with van der Waals surface area (Å²) >= 11 is 0. The van der Waals surface area contributed by atoms with Gasteiger partial charge in [-0.05, 0) is 56.8 Å². The van der Waals surface area contributed by atoms with Crippen molar-refractivity contribution in [2.75, 3.05) is 19.8 Å². The summed E-state index contributed by atoms with van der Waals surface area (Å²) in [7, 11) is 0. The van der Waals surface area contributed by atoms with Gasteiger partial charge in [-0.3, -0.25) is 0 Å². The molecule has 0 heterocycles. The van der Waals surface area contributed by atoms with Crippen LogP contribution in [0, 0.1) is 11.8 Å². The zero-order valence-electron chi connectivity index (χ0n) is 41.5. The van der Waals surface area contributed by atoms with Crippen LogP contribution in [0.2, 0.25) is 0 Å². The van der Waals surface area contributed by atoms with Gasteiger partial charge < -0.3 is 0 Å². The smallest absolute Gasteiger partial charge is 0.0964 e. The fraction of sp³-hybridized carbons (Fsp3) is 0.929. The summed E-state index contributed by atoms with van der Waals surface area (Å²) < 4.78 is 0. The van der Waals surface area contributed by atoms with Crippen molar-refractivity contribution in [3.63, 3.8) is 0 Å². The van der Waals surface area contributed by atoms with Gasteiger partial charge in [0.2, 0.25) is 0 Å². The molecular weight excluding hydrogens is 737 g/mol. The first-order valence-electron chi connectivity index (χ1n) is 27.5. The molecule has 3 unspecified atom stereocenters. The van der Waals surface area contributed by atoms with Crippen LogP contribution in [0.1, 0.15) is 297 Å². The highest BCUT2D eigenvalue weighted by molar-refractivity contribution is 4.74. The molecular formula is C56H110O4. The van der Waals surface area contributed by atoms with E-state index in [1.807, 2.05) is 12.2 Å². The SMILES string of the molecule is C=CCCCCCCCCCOOCCCCCCCC(CCCCCCCCC)C(CCCCCCCCC)CCCCCCCOOC(CC=C)CCCCCCC. The number of allylic oxidation sites excluding steroid dienone is 1. The van der Waals surface area contributed by atoms with E-state index < -0.39 is 0 Å². The normalized spacial score (nSPS) is 13.2. The van der Waals surface area contributed by atoms with Crippen LogP contribution in [0.3, 0.4) is 0 Å². The molecule has 0 amide bonds. The standard InChI is InChI=1S/C56H110O4/c1-6-11-15-19-22-23-26-34-42-51-57-58-52-43-35-27-32-39-48-54(46-37-30-24-20-16-12-7-2)55(47-38-31-25-21-17-13-8-3)49-40-33-28-36-44-53-59-60-56(45-10-5)50-41-29-18-14-9-4/h6,10,54-56H,1,5,7-9,11-53H2,2-4H3. The van der Waals surface area contributed by atoms with Crippen LogP contribution in [-0.2, 0) is 19.6 Å². The van der Waals surface area contributed by atoms with Gasteiger partial charge in [0.25, 0.3) is 0 Å². The quantitative estimate of drug-likeness (QED) is 0.0264. The molecule has 0 aromatic carbocycles. The Morgan fingerprint density at radius 2 is 0.617 bits per heavy atom. The molecule has 0 N–H and O–H groups in total. The van der Waals surface area contributed by atoms with Gasteiger partial charge >= 0.3 is 0 Å². The molecule has 358 valence electrons. The predicted octanol–water partition coefficient (Wildman–Crippen LogP) is 19.7. The molecule has 0 aliphatic heterocycles. The van der Waals surface area contributed by atoms with Gasteiger partial charge in [-0.2, -0.15) is 0 Å². The molecule has 0 fully saturated rings. The van der Waals surface area contributed by atoms with Crippen LogP contribution >= 0.6 is 0 Å². The molecule has 0 aromatic heterocycles. The summed E-state index contributed by atoms with van der Waals surface area (Å²) in [5, 5.41) is 0. The summed E-state index contributed by atoms with van der Waals surface area (Å²) in [6.07, 6.45) is 61.7. The topological polar surface area (TPSA) is 36.9 Å². The van der Waals surface area contributed by atoms with Gasteiger partial charge in [0.05, 0.1) is 25.9 Å². The first-order chi connectivity index (χ1) is 29.7. The minimum atomic E-state index is 0.170. The highest BCUT2D eigenvalue weighted by Gasteiger charge is 2.21. The molecule has 0 aliphatic rings. The van der Waals surface area contributed by atoms with Crippen LogP contribution < -0.4 is 0 Å². The van der Waals surface area contributed by atoms with Crippen LogP contribution in [0.15, 0.2) is 25.3 Å². The van der Waals surface area contributed by atoms with Gasteiger partial charge in [-0.25, -0.2) is 19.6 Å². The molecule has 4 heteroatoms. The van der Waals surface area contributed by atoms with E-state index in [9.17, 15) is 0 Å². The molecule has 60 heavy (non-hydrogen) atoms. The van der Waals surface area contributed by atoms with Crippen molar-refractivity contribution in [1.29, 1.82) is 0 Å². The Kier molecular flexibility index (Phi) is 52.1. The second kappa shape index (κ2) is 52.7. The minimum absolute atomic E-state index is 0.170. The maximum atomic E-state index is 5.83. The second-order valence-electron chi connectivity index (χ2n) is 18.9. The monoisotopic (exact) mass is 847 g/mol. The third-order valence-corrected chi connectivity index (χ3v) is 13.1. The van der Waals surface area contributed by atoms with E-state index in [0.717, 1.165) is 70.2 Å². The van der Waals surface area contributed by atoms with Crippen LogP contribution in [0.5, 0.6) is 0 Å². The third kappa shape index (κ3) is 45.3. The fourth-order valence-electron chi connectivity index (χ4n) is 9.12. The van der Waals surface area contributed by atoms with Gasteiger partial charge in [0, 0.05) is 0 Å². The predicted molar refractivity (Wildman–Crippen MR) is 266 cm³/mol. The van der Waals surface area contributed by atoms with Gasteiger partial charge in [0.1, 0.15) is 0 Å². The average molecular weight is 847 g/mol. The number of rotatable bonds is 54. The zero-order chi connectivity index (χ0) is 43.5. The largest absolute Gasteiger partial charge is 0.237 e. The van der Waals surface area contributed by atoms with Gasteiger partial charge in [0.15, 0.2) is 0 Å². The number of unbranched alkanes of at least 4 members (excludes halogenated alkanes) is 31.